The van der Waals surface area contributed by atoms with Gasteiger partial charge in [-0.25, -0.2) is 10.3 Å². The van der Waals surface area contributed by atoms with Gasteiger partial charge in [-0.1, -0.05) is 78.4 Å². The van der Waals surface area contributed by atoms with Crippen molar-refractivity contribution >= 4 is 23.3 Å². The van der Waals surface area contributed by atoms with Crippen LogP contribution in [0.2, 0.25) is 0 Å². The van der Waals surface area contributed by atoms with E-state index in [1.807, 2.05) is 19.1 Å². The largest absolute Gasteiger partial charge is 0.372 e. The third kappa shape index (κ3) is 5.48. The third-order valence-corrected chi connectivity index (χ3v) is 5.37. The summed E-state index contributed by atoms with van der Waals surface area (Å²) in [5, 5.41) is 19.2. The number of amides is 1. The van der Waals surface area contributed by atoms with Crippen LogP contribution in [0.3, 0.4) is 0 Å². The number of nitrogens with one attached hydrogen (secondary N) is 1. The predicted octanol–water partition coefficient (Wildman–Crippen LogP) is 5.73. The van der Waals surface area contributed by atoms with E-state index < -0.39 is 17.5 Å². The van der Waals surface area contributed by atoms with E-state index in [0.717, 1.165) is 5.56 Å². The van der Waals surface area contributed by atoms with Crippen LogP contribution in [0.5, 0.6) is 0 Å². The molecule has 7 heteroatoms. The van der Waals surface area contributed by atoms with Gasteiger partial charge in [-0.15, -0.1) is 10.2 Å². The van der Waals surface area contributed by atoms with Gasteiger partial charge in [0, 0.05) is 0 Å². The van der Waals surface area contributed by atoms with Crippen molar-refractivity contribution in [1.82, 2.24) is 0 Å². The van der Waals surface area contributed by atoms with Crippen molar-refractivity contribution in [2.24, 2.45) is 10.2 Å². The van der Waals surface area contributed by atoms with Gasteiger partial charge in [0.05, 0.1) is 16.9 Å². The summed E-state index contributed by atoms with van der Waals surface area (Å²) in [5.74, 6) is -1.33. The number of hydrogen-bond donors (Lipinski definition) is 2. The number of hydrogen-bond acceptors (Lipinski definition) is 6. The predicted molar refractivity (Wildman–Crippen MR) is 132 cm³/mol. The molecule has 4 rings (SSSR count). The Morgan fingerprint density at radius 1 is 0.771 bits per heavy atom. The number of carbonyl (C=O) groups is 2. The molecule has 0 aliphatic rings. The van der Waals surface area contributed by atoms with Gasteiger partial charge in [-0.3, -0.25) is 4.79 Å². The average Bonchev–Trinajstić information content (AvgIpc) is 2.92. The van der Waals surface area contributed by atoms with Gasteiger partial charge < -0.3 is 9.94 Å². The van der Waals surface area contributed by atoms with E-state index in [0.29, 0.717) is 28.1 Å². The van der Waals surface area contributed by atoms with Crippen LogP contribution < -0.4 is 5.48 Å². The molecule has 0 fully saturated rings. The van der Waals surface area contributed by atoms with E-state index >= 15 is 0 Å². The Hall–Kier alpha value is -4.62. The van der Waals surface area contributed by atoms with E-state index in [9.17, 15) is 14.7 Å². The lowest BCUT2D eigenvalue weighted by Gasteiger charge is -2.25. The topological polar surface area (TPSA) is 100 Å². The van der Waals surface area contributed by atoms with Gasteiger partial charge in [-0.2, -0.15) is 0 Å². The molecule has 0 aromatic heterocycles. The van der Waals surface area contributed by atoms with Crippen LogP contribution in [-0.4, -0.2) is 17.0 Å². The standard InChI is InChI=1S/C28H23N3O4/c1-20-12-14-21(15-13-20)26(32)35-31-25-18-16-24(17-19-25)29-30-27(33)28(34,22-8-4-2-5-9-22)23-10-6-3-7-11-23/h2-19,31,34H,1H3. The molecule has 0 aliphatic heterocycles. The number of nitrogens with zero attached hydrogens (tertiary/aromatic N) is 2. The van der Waals surface area contributed by atoms with Crippen LogP contribution in [0.15, 0.2) is 119 Å². The van der Waals surface area contributed by atoms with Gasteiger partial charge in [-0.05, 0) is 54.4 Å². The van der Waals surface area contributed by atoms with E-state index in [-0.39, 0.29) is 0 Å². The summed E-state index contributed by atoms with van der Waals surface area (Å²) in [4.78, 5) is 30.3. The molecule has 0 bridgehead atoms. The molecule has 2 N–H and O–H groups in total. The highest BCUT2D eigenvalue weighted by molar-refractivity contribution is 5.91. The minimum Gasteiger partial charge on any atom is -0.372 e. The summed E-state index contributed by atoms with van der Waals surface area (Å²) in [5.41, 5.74) is 3.77. The monoisotopic (exact) mass is 465 g/mol. The van der Waals surface area contributed by atoms with Gasteiger partial charge in [0.1, 0.15) is 0 Å². The van der Waals surface area contributed by atoms with E-state index in [1.165, 1.54) is 0 Å². The Kier molecular flexibility index (Phi) is 7.09. The molecule has 4 aromatic rings. The summed E-state index contributed by atoms with van der Waals surface area (Å²) in [7, 11) is 0. The Balaban J connectivity index is 1.45. The molecule has 0 spiro atoms. The highest BCUT2D eigenvalue weighted by atomic mass is 16.7. The first-order valence-corrected chi connectivity index (χ1v) is 10.9. The van der Waals surface area contributed by atoms with Gasteiger partial charge in [0.15, 0.2) is 5.60 Å². The minimum absolute atomic E-state index is 0.386. The van der Waals surface area contributed by atoms with Crippen molar-refractivity contribution in [2.75, 3.05) is 5.48 Å². The van der Waals surface area contributed by atoms with E-state index in [1.54, 1.807) is 97.1 Å². The van der Waals surface area contributed by atoms with Gasteiger partial charge in [0.25, 0.3) is 0 Å². The molecular formula is C28H23N3O4. The van der Waals surface area contributed by atoms with Crippen molar-refractivity contribution in [2.45, 2.75) is 12.5 Å². The second-order valence-electron chi connectivity index (χ2n) is 7.85. The molecule has 174 valence electrons. The molecule has 0 saturated carbocycles. The quantitative estimate of drug-likeness (QED) is 0.268. The Bertz CT molecular complexity index is 1280. The lowest BCUT2D eigenvalue weighted by molar-refractivity contribution is -0.133. The Morgan fingerprint density at radius 2 is 1.31 bits per heavy atom. The zero-order valence-corrected chi connectivity index (χ0v) is 19.0. The number of azo groups is 1. The first-order valence-electron chi connectivity index (χ1n) is 10.9. The molecule has 0 aliphatic carbocycles. The van der Waals surface area contributed by atoms with Gasteiger partial charge in [0.2, 0.25) is 0 Å². The molecule has 4 aromatic carbocycles. The first-order chi connectivity index (χ1) is 17.0. The molecule has 0 atom stereocenters. The van der Waals surface area contributed by atoms with Crippen molar-refractivity contribution < 1.29 is 19.5 Å². The summed E-state index contributed by atoms with van der Waals surface area (Å²) >= 11 is 0. The number of benzene rings is 4. The fourth-order valence-electron chi connectivity index (χ4n) is 3.40. The summed E-state index contributed by atoms with van der Waals surface area (Å²) in [6, 6.07) is 30.7. The molecule has 0 heterocycles. The maximum absolute atomic E-state index is 13.1. The molecule has 0 saturated heterocycles. The third-order valence-electron chi connectivity index (χ3n) is 5.37. The summed E-state index contributed by atoms with van der Waals surface area (Å²) in [6.07, 6.45) is 0. The second kappa shape index (κ2) is 10.5. The van der Waals surface area contributed by atoms with E-state index in [4.69, 9.17) is 4.84 Å². The van der Waals surface area contributed by atoms with Crippen LogP contribution in [-0.2, 0) is 15.2 Å². The minimum atomic E-state index is -1.97. The molecule has 0 radical (unpaired) electrons. The number of aliphatic hydroxyl groups is 1. The van der Waals surface area contributed by atoms with Crippen LogP contribution in [0.25, 0.3) is 0 Å². The molecule has 1 amide bonds. The average molecular weight is 466 g/mol. The maximum Gasteiger partial charge on any atom is 0.362 e. The zero-order valence-electron chi connectivity index (χ0n) is 19.0. The van der Waals surface area contributed by atoms with Crippen LogP contribution in [0, 0.1) is 6.92 Å². The number of rotatable bonds is 7. The lowest BCUT2D eigenvalue weighted by Crippen LogP contribution is -2.35. The summed E-state index contributed by atoms with van der Waals surface area (Å²) < 4.78 is 0. The molecule has 35 heavy (non-hydrogen) atoms. The second-order valence-corrected chi connectivity index (χ2v) is 7.85. The van der Waals surface area contributed by atoms with Crippen LogP contribution >= 0.6 is 0 Å². The summed E-state index contributed by atoms with van der Waals surface area (Å²) in [6.45, 7) is 1.93. The lowest BCUT2D eigenvalue weighted by atomic mass is 9.86. The highest BCUT2D eigenvalue weighted by Gasteiger charge is 2.40. The van der Waals surface area contributed by atoms with Crippen molar-refractivity contribution in [3.8, 4) is 0 Å². The molecular weight excluding hydrogens is 442 g/mol. The van der Waals surface area contributed by atoms with Crippen LogP contribution in [0.4, 0.5) is 11.4 Å². The molecule has 7 nitrogen and oxygen atoms in total. The van der Waals surface area contributed by atoms with E-state index in [2.05, 4.69) is 15.7 Å². The molecule has 0 unspecified atom stereocenters. The number of aryl methyl sites for hydroxylation is 1. The Labute approximate surface area is 202 Å². The van der Waals surface area contributed by atoms with Crippen molar-refractivity contribution in [3.63, 3.8) is 0 Å². The fourth-order valence-corrected chi connectivity index (χ4v) is 3.40. The Morgan fingerprint density at radius 3 is 1.86 bits per heavy atom. The highest BCUT2D eigenvalue weighted by Crippen LogP contribution is 2.31. The van der Waals surface area contributed by atoms with Crippen molar-refractivity contribution in [3.05, 3.63) is 131 Å². The van der Waals surface area contributed by atoms with Gasteiger partial charge >= 0.3 is 11.9 Å². The fraction of sp³-hybridized carbons (Fsp3) is 0.0714. The van der Waals surface area contributed by atoms with Crippen molar-refractivity contribution in [1.29, 1.82) is 0 Å². The number of carbonyl (C=O) groups excluding carboxylic acids is 2. The SMILES string of the molecule is Cc1ccc(C(=O)ONc2ccc(N=NC(=O)C(O)(c3ccccc3)c3ccccc3)cc2)cc1. The zero-order chi connectivity index (χ0) is 24.7. The smallest absolute Gasteiger partial charge is 0.362 e. The number of anilines is 1. The maximum atomic E-state index is 13.1. The first kappa shape index (κ1) is 23.5. The normalized spacial score (nSPS) is 11.3. The van der Waals surface area contributed by atoms with Crippen LogP contribution in [0.1, 0.15) is 27.0 Å².